The van der Waals surface area contributed by atoms with Crippen LogP contribution in [0.4, 0.5) is 18.9 Å². The minimum Gasteiger partial charge on any atom is -0.325 e. The summed E-state index contributed by atoms with van der Waals surface area (Å²) in [5.74, 6) is -0.207. The van der Waals surface area contributed by atoms with Crippen LogP contribution in [-0.2, 0) is 16.4 Å². The van der Waals surface area contributed by atoms with E-state index in [1.165, 1.54) is 6.07 Å². The highest BCUT2D eigenvalue weighted by atomic mass is 19.4. The molecule has 1 spiro atoms. The average molecular weight is 256 g/mol. The number of carbonyl (C=O) groups excluding carboxylic acids is 1. The van der Waals surface area contributed by atoms with Crippen molar-refractivity contribution in [2.45, 2.75) is 18.0 Å². The molecule has 2 N–H and O–H groups in total. The molecular formula is C12H11F3N2O. The number of carbonyl (C=O) groups is 1. The Bertz CT molecular complexity index is 519. The van der Waals surface area contributed by atoms with Gasteiger partial charge in [0, 0.05) is 12.2 Å². The molecule has 1 saturated heterocycles. The van der Waals surface area contributed by atoms with Crippen molar-refractivity contribution in [3.63, 3.8) is 0 Å². The lowest BCUT2D eigenvalue weighted by Crippen LogP contribution is -2.36. The number of nitrogens with one attached hydrogen (secondary N) is 2. The topological polar surface area (TPSA) is 41.1 Å². The number of hydrogen-bond acceptors (Lipinski definition) is 2. The van der Waals surface area contributed by atoms with E-state index < -0.39 is 17.2 Å². The van der Waals surface area contributed by atoms with E-state index in [0.29, 0.717) is 30.8 Å². The van der Waals surface area contributed by atoms with E-state index in [9.17, 15) is 18.0 Å². The number of fused-ring (bicyclic) bond motifs is 2. The number of rotatable bonds is 0. The molecule has 2 aliphatic rings. The largest absolute Gasteiger partial charge is 0.416 e. The van der Waals surface area contributed by atoms with E-state index in [1.807, 2.05) is 0 Å². The van der Waals surface area contributed by atoms with Gasteiger partial charge in [0.15, 0.2) is 0 Å². The first kappa shape index (κ1) is 11.5. The maximum atomic E-state index is 12.6. The summed E-state index contributed by atoms with van der Waals surface area (Å²) in [6, 6.07) is 3.47. The van der Waals surface area contributed by atoms with Gasteiger partial charge in [-0.3, -0.25) is 4.79 Å². The number of alkyl halides is 3. The fourth-order valence-corrected chi connectivity index (χ4v) is 2.72. The summed E-state index contributed by atoms with van der Waals surface area (Å²) in [5.41, 5.74) is -0.451. The molecule has 1 fully saturated rings. The SMILES string of the molecule is O=C1Nc2cc(C(F)(F)F)ccc2[C@]12CCNC2. The Labute approximate surface area is 101 Å². The Hall–Kier alpha value is -1.56. The quantitative estimate of drug-likeness (QED) is 0.744. The van der Waals surface area contributed by atoms with Crippen molar-refractivity contribution < 1.29 is 18.0 Å². The van der Waals surface area contributed by atoms with Crippen molar-refractivity contribution in [1.82, 2.24) is 5.32 Å². The zero-order valence-electron chi connectivity index (χ0n) is 9.40. The lowest BCUT2D eigenvalue weighted by atomic mass is 9.81. The standard InChI is InChI=1S/C12H11F3N2O/c13-12(14,15)7-1-2-8-9(5-7)17-10(18)11(8)3-4-16-6-11/h1-2,5,16H,3-4,6H2,(H,17,18)/t11-/m1/s1. The number of anilines is 1. The Morgan fingerprint density at radius 2 is 2.06 bits per heavy atom. The molecule has 1 aromatic rings. The monoisotopic (exact) mass is 256 g/mol. The Balaban J connectivity index is 2.09. The van der Waals surface area contributed by atoms with Gasteiger partial charge >= 0.3 is 6.18 Å². The van der Waals surface area contributed by atoms with Gasteiger partial charge in [-0.15, -0.1) is 0 Å². The molecule has 1 amide bonds. The normalized spacial score (nSPS) is 26.5. The minimum absolute atomic E-state index is 0.207. The minimum atomic E-state index is -4.39. The van der Waals surface area contributed by atoms with Crippen LogP contribution in [0.2, 0.25) is 0 Å². The van der Waals surface area contributed by atoms with E-state index in [-0.39, 0.29) is 5.91 Å². The Kier molecular flexibility index (Phi) is 2.22. The van der Waals surface area contributed by atoms with Crippen LogP contribution in [0.1, 0.15) is 17.5 Å². The summed E-state index contributed by atoms with van der Waals surface area (Å²) in [7, 11) is 0. The molecule has 2 heterocycles. The van der Waals surface area contributed by atoms with Crippen LogP contribution in [0.25, 0.3) is 0 Å². The zero-order chi connectivity index (χ0) is 13.0. The van der Waals surface area contributed by atoms with E-state index in [0.717, 1.165) is 12.1 Å². The van der Waals surface area contributed by atoms with Crippen molar-refractivity contribution in [3.05, 3.63) is 29.3 Å². The van der Waals surface area contributed by atoms with Crippen molar-refractivity contribution in [2.75, 3.05) is 18.4 Å². The molecule has 0 unspecified atom stereocenters. The van der Waals surface area contributed by atoms with E-state index >= 15 is 0 Å². The van der Waals surface area contributed by atoms with Crippen LogP contribution in [0, 0.1) is 0 Å². The van der Waals surface area contributed by atoms with Crippen LogP contribution < -0.4 is 10.6 Å². The maximum Gasteiger partial charge on any atom is 0.416 e. The third kappa shape index (κ3) is 1.45. The first-order valence-corrected chi connectivity index (χ1v) is 5.67. The highest BCUT2D eigenvalue weighted by Gasteiger charge is 2.49. The summed E-state index contributed by atoms with van der Waals surface area (Å²) < 4.78 is 37.8. The van der Waals surface area contributed by atoms with Crippen molar-refractivity contribution in [3.8, 4) is 0 Å². The van der Waals surface area contributed by atoms with E-state index in [4.69, 9.17) is 0 Å². The van der Waals surface area contributed by atoms with Gasteiger partial charge in [0.25, 0.3) is 0 Å². The highest BCUT2D eigenvalue weighted by molar-refractivity contribution is 6.06. The molecule has 0 saturated carbocycles. The molecule has 1 atom stereocenters. The van der Waals surface area contributed by atoms with Gasteiger partial charge in [0.2, 0.25) is 5.91 Å². The number of benzene rings is 1. The van der Waals surface area contributed by atoms with Crippen LogP contribution >= 0.6 is 0 Å². The molecule has 1 aromatic carbocycles. The van der Waals surface area contributed by atoms with Gasteiger partial charge in [0.1, 0.15) is 0 Å². The molecule has 6 heteroatoms. The van der Waals surface area contributed by atoms with Gasteiger partial charge in [-0.1, -0.05) is 6.07 Å². The first-order valence-electron chi connectivity index (χ1n) is 5.67. The second-order valence-electron chi connectivity index (χ2n) is 4.72. The molecule has 0 radical (unpaired) electrons. The summed E-state index contributed by atoms with van der Waals surface area (Å²) in [6.07, 6.45) is -3.76. The van der Waals surface area contributed by atoms with Gasteiger partial charge in [0.05, 0.1) is 11.0 Å². The third-order valence-corrected chi connectivity index (χ3v) is 3.70. The Morgan fingerprint density at radius 3 is 2.67 bits per heavy atom. The second kappa shape index (κ2) is 3.47. The van der Waals surface area contributed by atoms with Crippen LogP contribution in [0.5, 0.6) is 0 Å². The van der Waals surface area contributed by atoms with E-state index in [2.05, 4.69) is 10.6 Å². The maximum absolute atomic E-state index is 12.6. The molecule has 0 bridgehead atoms. The summed E-state index contributed by atoms with van der Waals surface area (Å²) in [4.78, 5) is 12.0. The van der Waals surface area contributed by atoms with Crippen molar-refractivity contribution in [1.29, 1.82) is 0 Å². The van der Waals surface area contributed by atoms with Gasteiger partial charge in [-0.2, -0.15) is 13.2 Å². The molecular weight excluding hydrogens is 245 g/mol. The Morgan fingerprint density at radius 1 is 1.28 bits per heavy atom. The van der Waals surface area contributed by atoms with Gasteiger partial charge in [-0.25, -0.2) is 0 Å². The van der Waals surface area contributed by atoms with Gasteiger partial charge in [-0.05, 0) is 30.7 Å². The molecule has 2 aliphatic heterocycles. The van der Waals surface area contributed by atoms with Crippen LogP contribution in [0.3, 0.4) is 0 Å². The molecule has 0 aliphatic carbocycles. The predicted molar refractivity (Wildman–Crippen MR) is 59.2 cm³/mol. The number of halogens is 3. The summed E-state index contributed by atoms with van der Waals surface area (Å²) in [6.45, 7) is 1.19. The second-order valence-corrected chi connectivity index (χ2v) is 4.72. The molecule has 96 valence electrons. The molecule has 18 heavy (non-hydrogen) atoms. The zero-order valence-corrected chi connectivity index (χ0v) is 9.40. The molecule has 3 rings (SSSR count). The summed E-state index contributed by atoms with van der Waals surface area (Å²) in [5, 5.41) is 5.65. The van der Waals surface area contributed by atoms with Crippen LogP contribution in [0.15, 0.2) is 18.2 Å². The predicted octanol–water partition coefficient (Wildman–Crippen LogP) is 1.89. The smallest absolute Gasteiger partial charge is 0.325 e. The fraction of sp³-hybridized carbons (Fsp3) is 0.417. The molecule has 3 nitrogen and oxygen atoms in total. The fourth-order valence-electron chi connectivity index (χ4n) is 2.72. The third-order valence-electron chi connectivity index (χ3n) is 3.70. The van der Waals surface area contributed by atoms with E-state index in [1.54, 1.807) is 0 Å². The van der Waals surface area contributed by atoms with Crippen molar-refractivity contribution >= 4 is 11.6 Å². The highest BCUT2D eigenvalue weighted by Crippen LogP contribution is 2.44. The van der Waals surface area contributed by atoms with Gasteiger partial charge < -0.3 is 10.6 Å². The van der Waals surface area contributed by atoms with Crippen LogP contribution in [-0.4, -0.2) is 19.0 Å². The number of amides is 1. The average Bonchev–Trinajstić information content (AvgIpc) is 2.86. The summed E-state index contributed by atoms with van der Waals surface area (Å²) >= 11 is 0. The lowest BCUT2D eigenvalue weighted by Gasteiger charge is -2.19. The van der Waals surface area contributed by atoms with Crippen molar-refractivity contribution in [2.24, 2.45) is 0 Å². The molecule has 0 aromatic heterocycles. The lowest BCUT2D eigenvalue weighted by molar-refractivity contribution is -0.137. The first-order chi connectivity index (χ1) is 8.43. The number of hydrogen-bond donors (Lipinski definition) is 2.